The van der Waals surface area contributed by atoms with Gasteiger partial charge in [-0.3, -0.25) is 0 Å². The van der Waals surface area contributed by atoms with E-state index >= 15 is 0 Å². The fourth-order valence-electron chi connectivity index (χ4n) is 2.70. The zero-order valence-electron chi connectivity index (χ0n) is 12.1. The highest BCUT2D eigenvalue weighted by Crippen LogP contribution is 2.37. The minimum absolute atomic E-state index is 0.0474. The van der Waals surface area contributed by atoms with Gasteiger partial charge in [0.25, 0.3) is 0 Å². The van der Waals surface area contributed by atoms with Gasteiger partial charge in [-0.2, -0.15) is 0 Å². The summed E-state index contributed by atoms with van der Waals surface area (Å²) >= 11 is 0. The van der Waals surface area contributed by atoms with E-state index in [1.54, 1.807) is 13.3 Å². The maximum Gasteiger partial charge on any atom is 0.128 e. The van der Waals surface area contributed by atoms with Crippen molar-refractivity contribution in [2.24, 2.45) is 0 Å². The second-order valence-electron chi connectivity index (χ2n) is 4.62. The number of rotatable bonds is 6. The molecule has 0 aromatic carbocycles. The Morgan fingerprint density at radius 1 is 1.44 bits per heavy atom. The molecule has 0 aliphatic rings. The molecule has 0 fully saturated rings. The molecule has 3 N–H and O–H groups in total. The van der Waals surface area contributed by atoms with Crippen LogP contribution < -0.4 is 11.1 Å². The molecule has 1 unspecified atom stereocenters. The van der Waals surface area contributed by atoms with E-state index in [1.807, 2.05) is 13.1 Å². The van der Waals surface area contributed by atoms with Crippen LogP contribution in [0.1, 0.15) is 43.9 Å². The maximum absolute atomic E-state index is 6.05. The summed E-state index contributed by atoms with van der Waals surface area (Å²) in [6, 6.07) is 2.04. The van der Waals surface area contributed by atoms with Crippen molar-refractivity contribution in [2.45, 2.75) is 45.3 Å². The fraction of sp³-hybridized carbons (Fsp3) is 0.643. The second-order valence-corrected chi connectivity index (χ2v) is 4.62. The van der Waals surface area contributed by atoms with Crippen molar-refractivity contribution in [2.75, 3.05) is 19.9 Å². The fourth-order valence-corrected chi connectivity index (χ4v) is 2.70. The SMILES string of the molecule is CCC(CC)(OC)C(NC)c1c(C)ccnc1N. The molecule has 102 valence electrons. The van der Waals surface area contributed by atoms with Gasteiger partial charge in [0.2, 0.25) is 0 Å². The van der Waals surface area contributed by atoms with Crippen molar-refractivity contribution in [1.29, 1.82) is 0 Å². The topological polar surface area (TPSA) is 60.2 Å². The van der Waals surface area contributed by atoms with Gasteiger partial charge in [0.15, 0.2) is 0 Å². The Labute approximate surface area is 110 Å². The highest BCUT2D eigenvalue weighted by atomic mass is 16.5. The first-order chi connectivity index (χ1) is 8.56. The quantitative estimate of drug-likeness (QED) is 0.815. The van der Waals surface area contributed by atoms with E-state index in [4.69, 9.17) is 10.5 Å². The molecule has 4 nitrogen and oxygen atoms in total. The van der Waals surface area contributed by atoms with Crippen molar-refractivity contribution in [1.82, 2.24) is 10.3 Å². The average Bonchev–Trinajstić information content (AvgIpc) is 2.38. The number of aromatic nitrogens is 1. The molecule has 18 heavy (non-hydrogen) atoms. The van der Waals surface area contributed by atoms with Gasteiger partial charge in [0.1, 0.15) is 5.82 Å². The first-order valence-corrected chi connectivity index (χ1v) is 6.49. The molecule has 0 saturated carbocycles. The number of nitrogen functional groups attached to an aromatic ring is 1. The summed E-state index contributed by atoms with van der Waals surface area (Å²) in [5, 5.41) is 3.35. The van der Waals surface area contributed by atoms with Crippen molar-refractivity contribution in [3.63, 3.8) is 0 Å². The van der Waals surface area contributed by atoms with Crippen molar-refractivity contribution < 1.29 is 4.74 Å². The molecule has 0 saturated heterocycles. The molecule has 1 rings (SSSR count). The van der Waals surface area contributed by atoms with E-state index in [9.17, 15) is 0 Å². The Kier molecular flexibility index (Phi) is 5.11. The van der Waals surface area contributed by atoms with E-state index in [0.29, 0.717) is 5.82 Å². The lowest BCUT2D eigenvalue weighted by Gasteiger charge is -2.39. The zero-order chi connectivity index (χ0) is 13.8. The average molecular weight is 251 g/mol. The third-order valence-electron chi connectivity index (χ3n) is 3.95. The van der Waals surface area contributed by atoms with Crippen LogP contribution in [0.25, 0.3) is 0 Å². The summed E-state index contributed by atoms with van der Waals surface area (Å²) in [7, 11) is 3.70. The van der Waals surface area contributed by atoms with Crippen LogP contribution in [-0.2, 0) is 4.74 Å². The van der Waals surface area contributed by atoms with Crippen molar-refractivity contribution >= 4 is 5.82 Å². The monoisotopic (exact) mass is 251 g/mol. The normalized spacial score (nSPS) is 13.6. The number of pyridine rings is 1. The van der Waals surface area contributed by atoms with Crippen molar-refractivity contribution in [3.8, 4) is 0 Å². The minimum Gasteiger partial charge on any atom is -0.383 e. The summed E-state index contributed by atoms with van der Waals surface area (Å²) in [6.45, 7) is 6.34. The van der Waals surface area contributed by atoms with Gasteiger partial charge in [0, 0.05) is 18.9 Å². The Morgan fingerprint density at radius 2 is 2.06 bits per heavy atom. The maximum atomic E-state index is 6.05. The smallest absolute Gasteiger partial charge is 0.128 e. The van der Waals surface area contributed by atoms with Crippen LogP contribution in [0.4, 0.5) is 5.82 Å². The predicted molar refractivity (Wildman–Crippen MR) is 75.5 cm³/mol. The minimum atomic E-state index is -0.253. The number of nitrogens with zero attached hydrogens (tertiary/aromatic N) is 1. The van der Waals surface area contributed by atoms with Gasteiger partial charge in [-0.25, -0.2) is 4.98 Å². The molecular weight excluding hydrogens is 226 g/mol. The van der Waals surface area contributed by atoms with Gasteiger partial charge in [-0.15, -0.1) is 0 Å². The molecule has 0 spiro atoms. The molecule has 4 heteroatoms. The first kappa shape index (κ1) is 14.9. The Hall–Kier alpha value is -1.13. The number of anilines is 1. The number of hydrogen-bond acceptors (Lipinski definition) is 4. The van der Waals surface area contributed by atoms with Crippen LogP contribution in [0.2, 0.25) is 0 Å². The van der Waals surface area contributed by atoms with E-state index in [0.717, 1.165) is 24.0 Å². The molecule has 0 bridgehead atoms. The van der Waals surface area contributed by atoms with Gasteiger partial charge < -0.3 is 15.8 Å². The van der Waals surface area contributed by atoms with E-state index in [1.165, 1.54) is 0 Å². The molecule has 0 aliphatic carbocycles. The number of ether oxygens (including phenoxy) is 1. The Bertz CT molecular complexity index is 360. The molecule has 1 atom stereocenters. The molecular formula is C14H25N3O. The molecule has 1 heterocycles. The zero-order valence-corrected chi connectivity index (χ0v) is 12.1. The van der Waals surface area contributed by atoms with Crippen molar-refractivity contribution in [3.05, 3.63) is 23.4 Å². The van der Waals surface area contributed by atoms with Gasteiger partial charge in [0.05, 0.1) is 11.6 Å². The van der Waals surface area contributed by atoms with E-state index in [-0.39, 0.29) is 11.6 Å². The molecule has 0 amide bonds. The standard InChI is InChI=1S/C14H25N3O/c1-6-14(7-2,18-5)12(16-4)11-10(3)8-9-17-13(11)15/h8-9,12,16H,6-7H2,1-5H3,(H2,15,17). The summed E-state index contributed by atoms with van der Waals surface area (Å²) in [6.07, 6.45) is 3.58. The summed E-state index contributed by atoms with van der Waals surface area (Å²) in [5.74, 6) is 0.581. The summed E-state index contributed by atoms with van der Waals surface area (Å²) < 4.78 is 5.81. The summed E-state index contributed by atoms with van der Waals surface area (Å²) in [4.78, 5) is 4.21. The van der Waals surface area contributed by atoms with Crippen LogP contribution in [0.5, 0.6) is 0 Å². The van der Waals surface area contributed by atoms with Crippen LogP contribution in [-0.4, -0.2) is 24.7 Å². The molecule has 0 aliphatic heterocycles. The van der Waals surface area contributed by atoms with Crippen LogP contribution >= 0.6 is 0 Å². The Balaban J connectivity index is 3.32. The van der Waals surface area contributed by atoms with Crippen LogP contribution in [0, 0.1) is 6.92 Å². The van der Waals surface area contributed by atoms with Gasteiger partial charge in [-0.1, -0.05) is 13.8 Å². The highest BCUT2D eigenvalue weighted by Gasteiger charge is 2.37. The lowest BCUT2D eigenvalue weighted by Crippen LogP contribution is -2.44. The predicted octanol–water partition coefficient (Wildman–Crippen LogP) is 2.44. The number of nitrogens with two attached hydrogens (primary N) is 1. The molecule has 1 aromatic heterocycles. The third-order valence-corrected chi connectivity index (χ3v) is 3.95. The number of methoxy groups -OCH3 is 1. The molecule has 0 radical (unpaired) electrons. The number of likely N-dealkylation sites (N-methyl/N-ethyl adjacent to an activating group) is 1. The number of hydrogen-bond donors (Lipinski definition) is 2. The second kappa shape index (κ2) is 6.16. The summed E-state index contributed by atoms with van der Waals surface area (Å²) in [5.41, 5.74) is 7.99. The number of nitrogens with one attached hydrogen (secondary N) is 1. The lowest BCUT2D eigenvalue weighted by atomic mass is 9.82. The number of aryl methyl sites for hydroxylation is 1. The van der Waals surface area contributed by atoms with Crippen LogP contribution in [0.15, 0.2) is 12.3 Å². The molecule has 1 aromatic rings. The van der Waals surface area contributed by atoms with E-state index < -0.39 is 0 Å². The lowest BCUT2D eigenvalue weighted by molar-refractivity contribution is -0.0468. The van der Waals surface area contributed by atoms with Crippen LogP contribution in [0.3, 0.4) is 0 Å². The highest BCUT2D eigenvalue weighted by molar-refractivity contribution is 5.47. The van der Waals surface area contributed by atoms with Gasteiger partial charge >= 0.3 is 0 Å². The Morgan fingerprint density at radius 3 is 2.44 bits per heavy atom. The van der Waals surface area contributed by atoms with Gasteiger partial charge in [-0.05, 0) is 38.4 Å². The third kappa shape index (κ3) is 2.49. The van der Waals surface area contributed by atoms with E-state index in [2.05, 4.69) is 31.1 Å². The largest absolute Gasteiger partial charge is 0.383 e. The first-order valence-electron chi connectivity index (χ1n) is 6.49.